The molecule has 0 radical (unpaired) electrons. The van der Waals surface area contributed by atoms with Gasteiger partial charge in [-0.25, -0.2) is 8.42 Å². The van der Waals surface area contributed by atoms with Crippen LogP contribution in [0, 0.1) is 0 Å². The highest BCUT2D eigenvalue weighted by molar-refractivity contribution is 7.92. The van der Waals surface area contributed by atoms with E-state index >= 15 is 0 Å². The number of rotatable bonds is 6. The molecule has 1 unspecified atom stereocenters. The van der Waals surface area contributed by atoms with Gasteiger partial charge in [-0.2, -0.15) is 0 Å². The van der Waals surface area contributed by atoms with E-state index in [2.05, 4.69) is 4.72 Å². The second kappa shape index (κ2) is 7.69. The highest BCUT2D eigenvalue weighted by Crippen LogP contribution is 2.13. The summed E-state index contributed by atoms with van der Waals surface area (Å²) >= 11 is 0. The fourth-order valence-electron chi connectivity index (χ4n) is 1.50. The van der Waals surface area contributed by atoms with Gasteiger partial charge in [0.1, 0.15) is 6.23 Å². The number of nitrogens with zero attached hydrogens (tertiary/aromatic N) is 1. The second-order valence-electron chi connectivity index (χ2n) is 4.33. The molecule has 0 saturated carbocycles. The third-order valence-corrected chi connectivity index (χ3v) is 3.29. The van der Waals surface area contributed by atoms with E-state index in [0.717, 1.165) is 18.4 Å². The summed E-state index contributed by atoms with van der Waals surface area (Å²) in [7, 11) is -1.39. The smallest absolute Gasteiger partial charge is 0.229 e. The van der Waals surface area contributed by atoms with Crippen LogP contribution in [0.25, 0.3) is 0 Å². The molecular formula is C12H21ClN2O3S. The Hall–Kier alpha value is -0.820. The third-order valence-electron chi connectivity index (χ3n) is 2.68. The number of halogens is 1. The van der Waals surface area contributed by atoms with Gasteiger partial charge in [-0.15, -0.1) is 12.4 Å². The lowest BCUT2D eigenvalue weighted by Crippen LogP contribution is -2.32. The maximum absolute atomic E-state index is 11.0. The van der Waals surface area contributed by atoms with Gasteiger partial charge in [-0.1, -0.05) is 19.1 Å². The minimum Gasteiger partial charge on any atom is -0.378 e. The standard InChI is InChI=1S/C12H20N2O3S.ClH/c1-4-14(2)12(15)9-10-5-7-11(8-6-10)13-18(3,16)17;/h5-8,12-13,15H,4,9H2,1-3H3;1H. The van der Waals surface area contributed by atoms with Gasteiger partial charge >= 0.3 is 0 Å². The van der Waals surface area contributed by atoms with E-state index in [-0.39, 0.29) is 12.4 Å². The van der Waals surface area contributed by atoms with Crippen molar-refractivity contribution in [3.8, 4) is 0 Å². The summed E-state index contributed by atoms with van der Waals surface area (Å²) < 4.78 is 24.5. The molecule has 1 atom stereocenters. The van der Waals surface area contributed by atoms with Gasteiger partial charge in [-0.3, -0.25) is 9.62 Å². The molecule has 19 heavy (non-hydrogen) atoms. The summed E-state index contributed by atoms with van der Waals surface area (Å²) in [5, 5.41) is 9.84. The van der Waals surface area contributed by atoms with Crippen LogP contribution in [0.5, 0.6) is 0 Å². The summed E-state index contributed by atoms with van der Waals surface area (Å²) in [4.78, 5) is 1.84. The van der Waals surface area contributed by atoms with Crippen LogP contribution >= 0.6 is 12.4 Å². The van der Waals surface area contributed by atoms with Crippen molar-refractivity contribution in [3.05, 3.63) is 29.8 Å². The Morgan fingerprint density at radius 3 is 2.26 bits per heavy atom. The molecule has 0 spiro atoms. The van der Waals surface area contributed by atoms with E-state index in [0.29, 0.717) is 12.1 Å². The number of benzene rings is 1. The molecule has 0 fully saturated rings. The maximum Gasteiger partial charge on any atom is 0.229 e. The molecule has 0 aliphatic carbocycles. The zero-order valence-corrected chi connectivity index (χ0v) is 13.0. The average Bonchev–Trinajstić information content (AvgIpc) is 2.28. The van der Waals surface area contributed by atoms with Crippen molar-refractivity contribution in [1.82, 2.24) is 4.90 Å². The third kappa shape index (κ3) is 6.77. The molecular weight excluding hydrogens is 288 g/mol. The van der Waals surface area contributed by atoms with Gasteiger partial charge in [0.15, 0.2) is 0 Å². The predicted octanol–water partition coefficient (Wildman–Crippen LogP) is 1.29. The molecule has 0 heterocycles. The molecule has 5 nitrogen and oxygen atoms in total. The number of nitrogens with one attached hydrogen (secondary N) is 1. The van der Waals surface area contributed by atoms with Crippen LogP contribution in [0.1, 0.15) is 12.5 Å². The molecule has 0 aliphatic heterocycles. The first kappa shape index (κ1) is 18.2. The van der Waals surface area contributed by atoms with Crippen molar-refractivity contribution in [2.24, 2.45) is 0 Å². The Bertz CT molecular complexity index is 476. The van der Waals surface area contributed by atoms with E-state index in [1.807, 2.05) is 18.9 Å². The first-order chi connectivity index (χ1) is 8.31. The molecule has 110 valence electrons. The van der Waals surface area contributed by atoms with Gasteiger partial charge in [0.2, 0.25) is 10.0 Å². The van der Waals surface area contributed by atoms with Crippen LogP contribution in [0.3, 0.4) is 0 Å². The van der Waals surface area contributed by atoms with E-state index in [1.54, 1.807) is 24.3 Å². The zero-order valence-electron chi connectivity index (χ0n) is 11.3. The molecule has 1 rings (SSSR count). The highest BCUT2D eigenvalue weighted by atomic mass is 35.5. The summed E-state index contributed by atoms with van der Waals surface area (Å²) in [5.74, 6) is 0. The topological polar surface area (TPSA) is 69.6 Å². The van der Waals surface area contributed by atoms with Crippen LogP contribution < -0.4 is 4.72 Å². The molecule has 1 aromatic carbocycles. The van der Waals surface area contributed by atoms with Gasteiger partial charge < -0.3 is 5.11 Å². The molecule has 0 aromatic heterocycles. The Morgan fingerprint density at radius 1 is 1.32 bits per heavy atom. The summed E-state index contributed by atoms with van der Waals surface area (Å²) in [6.07, 6.45) is 1.10. The van der Waals surface area contributed by atoms with Crippen molar-refractivity contribution < 1.29 is 13.5 Å². The van der Waals surface area contributed by atoms with Crippen molar-refractivity contribution in [2.45, 2.75) is 19.6 Å². The Labute approximate surface area is 121 Å². The average molecular weight is 309 g/mol. The predicted molar refractivity (Wildman–Crippen MR) is 80.2 cm³/mol. The Kier molecular flexibility index (Phi) is 7.36. The Balaban J connectivity index is 0.00000324. The number of likely N-dealkylation sites (N-methyl/N-ethyl adjacent to an activating group) is 1. The quantitative estimate of drug-likeness (QED) is 0.777. The van der Waals surface area contributed by atoms with Crippen molar-refractivity contribution >= 4 is 28.1 Å². The fraction of sp³-hybridized carbons (Fsp3) is 0.500. The van der Waals surface area contributed by atoms with Crippen LogP contribution in [0.4, 0.5) is 5.69 Å². The highest BCUT2D eigenvalue weighted by Gasteiger charge is 2.10. The normalized spacial score (nSPS) is 12.9. The van der Waals surface area contributed by atoms with Gasteiger partial charge in [0.05, 0.1) is 6.26 Å². The van der Waals surface area contributed by atoms with Crippen LogP contribution in [0.15, 0.2) is 24.3 Å². The number of aliphatic hydroxyl groups is 1. The first-order valence-electron chi connectivity index (χ1n) is 5.77. The molecule has 0 saturated heterocycles. The van der Waals surface area contributed by atoms with Gasteiger partial charge in [0.25, 0.3) is 0 Å². The van der Waals surface area contributed by atoms with Crippen molar-refractivity contribution in [2.75, 3.05) is 24.6 Å². The maximum atomic E-state index is 11.0. The minimum atomic E-state index is -3.24. The van der Waals surface area contributed by atoms with Crippen LogP contribution in [-0.4, -0.2) is 44.5 Å². The molecule has 0 aliphatic rings. The van der Waals surface area contributed by atoms with E-state index in [9.17, 15) is 13.5 Å². The summed E-state index contributed by atoms with van der Waals surface area (Å²) in [6, 6.07) is 6.99. The second-order valence-corrected chi connectivity index (χ2v) is 6.08. The number of aliphatic hydroxyl groups excluding tert-OH is 1. The minimum absolute atomic E-state index is 0. The SMILES string of the molecule is CCN(C)C(O)Cc1ccc(NS(C)(=O)=O)cc1.Cl. The van der Waals surface area contributed by atoms with Crippen LogP contribution in [0.2, 0.25) is 0 Å². The van der Waals surface area contributed by atoms with E-state index in [1.165, 1.54) is 0 Å². The van der Waals surface area contributed by atoms with Crippen LogP contribution in [-0.2, 0) is 16.4 Å². The lowest BCUT2D eigenvalue weighted by Gasteiger charge is -2.21. The number of hydrogen-bond donors (Lipinski definition) is 2. The Morgan fingerprint density at radius 2 is 1.84 bits per heavy atom. The molecule has 0 amide bonds. The van der Waals surface area contributed by atoms with Crippen molar-refractivity contribution in [1.29, 1.82) is 0 Å². The number of sulfonamides is 1. The summed E-state index contributed by atoms with van der Waals surface area (Å²) in [6.45, 7) is 2.75. The number of hydrogen-bond acceptors (Lipinski definition) is 4. The summed E-state index contributed by atoms with van der Waals surface area (Å²) in [5.41, 5.74) is 1.49. The molecule has 2 N–H and O–H groups in total. The number of anilines is 1. The zero-order chi connectivity index (χ0) is 13.8. The van der Waals surface area contributed by atoms with E-state index in [4.69, 9.17) is 0 Å². The first-order valence-corrected chi connectivity index (χ1v) is 7.66. The lowest BCUT2D eigenvalue weighted by molar-refractivity contribution is 0.0267. The lowest BCUT2D eigenvalue weighted by atomic mass is 10.1. The van der Waals surface area contributed by atoms with Gasteiger partial charge in [0, 0.05) is 12.1 Å². The molecule has 7 heteroatoms. The van der Waals surface area contributed by atoms with Gasteiger partial charge in [-0.05, 0) is 31.3 Å². The van der Waals surface area contributed by atoms with Crippen molar-refractivity contribution in [3.63, 3.8) is 0 Å². The van der Waals surface area contributed by atoms with E-state index < -0.39 is 16.3 Å². The molecule has 1 aromatic rings. The fourth-order valence-corrected chi connectivity index (χ4v) is 2.06. The monoisotopic (exact) mass is 308 g/mol. The molecule has 0 bridgehead atoms. The largest absolute Gasteiger partial charge is 0.378 e.